The van der Waals surface area contributed by atoms with E-state index in [4.69, 9.17) is 5.11 Å². The first-order chi connectivity index (χ1) is 5.61. The van der Waals surface area contributed by atoms with Crippen molar-refractivity contribution >= 4 is 23.5 Å². The molecule has 0 bridgehead atoms. The Bertz CT molecular complexity index is 161. The number of nitrogens with one attached hydrogen (secondary N) is 1. The largest absolute Gasteiger partial charge is 0.386 e. The molecule has 70 valence electrons. The summed E-state index contributed by atoms with van der Waals surface area (Å²) in [5.74, 6) is -0.0317. The fraction of sp³-hybridized carbons (Fsp3) is 0.750. The molecule has 0 heterocycles. The monoisotopic (exact) mass is 189 g/mol. The maximum absolute atomic E-state index is 11.1. The Labute approximate surface area is 78.2 Å². The van der Waals surface area contributed by atoms with Crippen LogP contribution in [0.4, 0.5) is 0 Å². The number of thiocarbonyl (C=S) groups is 1. The Balaban J connectivity index is 3.63. The molecular weight excluding hydrogens is 174 g/mol. The van der Waals surface area contributed by atoms with Crippen molar-refractivity contribution in [3.05, 3.63) is 0 Å². The molecule has 0 aliphatic heterocycles. The van der Waals surface area contributed by atoms with Crippen LogP contribution in [0.3, 0.4) is 0 Å². The van der Waals surface area contributed by atoms with Gasteiger partial charge < -0.3 is 10.4 Å². The molecule has 0 spiro atoms. The zero-order chi connectivity index (χ0) is 9.56. The van der Waals surface area contributed by atoms with Crippen molar-refractivity contribution in [1.29, 1.82) is 0 Å². The Kier molecular flexibility index (Phi) is 5.84. The van der Waals surface area contributed by atoms with E-state index in [0.717, 1.165) is 6.42 Å². The van der Waals surface area contributed by atoms with Crippen LogP contribution in [-0.2, 0) is 4.79 Å². The van der Waals surface area contributed by atoms with Gasteiger partial charge in [-0.15, -0.1) is 0 Å². The lowest BCUT2D eigenvalue weighted by Crippen LogP contribution is -2.35. The second-order valence-corrected chi connectivity index (χ2v) is 3.03. The van der Waals surface area contributed by atoms with Gasteiger partial charge in [-0.3, -0.25) is 4.79 Å². The van der Waals surface area contributed by atoms with E-state index in [-0.39, 0.29) is 18.4 Å². The summed E-state index contributed by atoms with van der Waals surface area (Å²) in [6.07, 6.45) is 0.0903. The van der Waals surface area contributed by atoms with Gasteiger partial charge in [0.25, 0.3) is 0 Å². The third-order valence-corrected chi connectivity index (χ3v) is 2.02. The van der Waals surface area contributed by atoms with Gasteiger partial charge in [0.1, 0.15) is 0 Å². The molecule has 0 aromatic heterocycles. The van der Waals surface area contributed by atoms with Crippen LogP contribution < -0.4 is 5.32 Å². The normalized spacial score (nSPS) is 14.9. The Morgan fingerprint density at radius 3 is 2.75 bits per heavy atom. The summed E-state index contributed by atoms with van der Waals surface area (Å²) in [6, 6.07) is 0. The summed E-state index contributed by atoms with van der Waals surface area (Å²) < 4.78 is 0. The number of aliphatic hydroxyl groups is 1. The van der Waals surface area contributed by atoms with Crippen LogP contribution in [0.1, 0.15) is 20.3 Å². The minimum Gasteiger partial charge on any atom is -0.386 e. The Morgan fingerprint density at radius 2 is 2.33 bits per heavy atom. The number of amides is 1. The van der Waals surface area contributed by atoms with Crippen LogP contribution >= 0.6 is 12.2 Å². The standard InChI is InChI=1S/C8H15NO2S/c1-3-6(2)8(11)9-4-7(10)5-12/h5-7,10H,3-4H2,1-2H3,(H,9,11). The van der Waals surface area contributed by atoms with Gasteiger partial charge >= 0.3 is 0 Å². The molecule has 0 aromatic rings. The molecule has 0 saturated heterocycles. The van der Waals surface area contributed by atoms with Crippen LogP contribution in [0.2, 0.25) is 0 Å². The fourth-order valence-electron chi connectivity index (χ4n) is 0.613. The summed E-state index contributed by atoms with van der Waals surface area (Å²) in [4.78, 5) is 11.1. The molecular formula is C8H15NO2S. The number of carbonyl (C=O) groups excluding carboxylic acids is 1. The van der Waals surface area contributed by atoms with Gasteiger partial charge in [-0.1, -0.05) is 26.1 Å². The second kappa shape index (κ2) is 6.08. The first-order valence-electron chi connectivity index (χ1n) is 4.02. The van der Waals surface area contributed by atoms with E-state index in [2.05, 4.69) is 17.5 Å². The van der Waals surface area contributed by atoms with Gasteiger partial charge in [-0.25, -0.2) is 0 Å². The lowest BCUT2D eigenvalue weighted by atomic mass is 10.1. The number of aliphatic hydroxyl groups excluding tert-OH is 1. The van der Waals surface area contributed by atoms with Crippen molar-refractivity contribution in [2.24, 2.45) is 5.92 Å². The van der Waals surface area contributed by atoms with E-state index in [1.807, 2.05) is 13.8 Å². The third-order valence-electron chi connectivity index (χ3n) is 1.70. The molecule has 2 unspecified atom stereocenters. The Morgan fingerprint density at radius 1 is 1.75 bits per heavy atom. The molecule has 4 heteroatoms. The SMILES string of the molecule is CCC(C)C(=O)NCC(O)C=S. The van der Waals surface area contributed by atoms with E-state index in [9.17, 15) is 4.79 Å². The highest BCUT2D eigenvalue weighted by Gasteiger charge is 2.10. The molecule has 0 aromatic carbocycles. The second-order valence-electron chi connectivity index (χ2n) is 2.76. The zero-order valence-corrected chi connectivity index (χ0v) is 8.23. The number of rotatable bonds is 5. The first-order valence-corrected chi connectivity index (χ1v) is 4.50. The van der Waals surface area contributed by atoms with Gasteiger partial charge in [-0.05, 0) is 6.42 Å². The van der Waals surface area contributed by atoms with E-state index in [1.165, 1.54) is 5.37 Å². The summed E-state index contributed by atoms with van der Waals surface area (Å²) in [5, 5.41) is 12.8. The highest BCUT2D eigenvalue weighted by Crippen LogP contribution is 1.99. The lowest BCUT2D eigenvalue weighted by molar-refractivity contribution is -0.124. The molecule has 0 aliphatic carbocycles. The Hall–Kier alpha value is -0.480. The minimum atomic E-state index is -0.715. The molecule has 3 nitrogen and oxygen atoms in total. The summed E-state index contributed by atoms with van der Waals surface area (Å²) in [6.45, 7) is 4.01. The smallest absolute Gasteiger partial charge is 0.222 e. The molecule has 0 rings (SSSR count). The molecule has 12 heavy (non-hydrogen) atoms. The van der Waals surface area contributed by atoms with Gasteiger partial charge in [0.2, 0.25) is 5.91 Å². The summed E-state index contributed by atoms with van der Waals surface area (Å²) in [7, 11) is 0. The predicted octanol–water partition coefficient (Wildman–Crippen LogP) is 0.509. The van der Waals surface area contributed by atoms with Crippen molar-refractivity contribution in [3.8, 4) is 0 Å². The molecule has 0 aliphatic rings. The average Bonchev–Trinajstić information content (AvgIpc) is 2.11. The van der Waals surface area contributed by atoms with Gasteiger partial charge in [-0.2, -0.15) is 0 Å². The van der Waals surface area contributed by atoms with Crippen molar-refractivity contribution < 1.29 is 9.90 Å². The van der Waals surface area contributed by atoms with Crippen LogP contribution in [0, 0.1) is 5.92 Å². The number of carbonyl (C=O) groups is 1. The van der Waals surface area contributed by atoms with Crippen LogP contribution in [0.5, 0.6) is 0 Å². The third kappa shape index (κ3) is 4.41. The van der Waals surface area contributed by atoms with E-state index in [0.29, 0.717) is 0 Å². The van der Waals surface area contributed by atoms with Crippen LogP contribution in [0.15, 0.2) is 0 Å². The van der Waals surface area contributed by atoms with E-state index in [1.54, 1.807) is 0 Å². The van der Waals surface area contributed by atoms with Crippen molar-refractivity contribution in [2.75, 3.05) is 6.54 Å². The average molecular weight is 189 g/mol. The molecule has 2 N–H and O–H groups in total. The summed E-state index contributed by atoms with van der Waals surface area (Å²) >= 11 is 4.49. The quantitative estimate of drug-likeness (QED) is 0.619. The van der Waals surface area contributed by atoms with E-state index < -0.39 is 6.10 Å². The molecule has 1 amide bonds. The number of hydrogen-bond donors (Lipinski definition) is 2. The van der Waals surface area contributed by atoms with E-state index >= 15 is 0 Å². The molecule has 0 fully saturated rings. The number of hydrogen-bond acceptors (Lipinski definition) is 3. The zero-order valence-electron chi connectivity index (χ0n) is 7.41. The van der Waals surface area contributed by atoms with Crippen LogP contribution in [-0.4, -0.2) is 29.0 Å². The minimum absolute atomic E-state index is 0.00215. The first kappa shape index (κ1) is 11.5. The van der Waals surface area contributed by atoms with Gasteiger partial charge in [0.05, 0.1) is 6.10 Å². The van der Waals surface area contributed by atoms with Crippen molar-refractivity contribution in [1.82, 2.24) is 5.32 Å². The van der Waals surface area contributed by atoms with Crippen LogP contribution in [0.25, 0.3) is 0 Å². The molecule has 0 radical (unpaired) electrons. The topological polar surface area (TPSA) is 49.3 Å². The maximum atomic E-state index is 11.1. The van der Waals surface area contributed by atoms with Crippen molar-refractivity contribution in [2.45, 2.75) is 26.4 Å². The molecule has 0 saturated carbocycles. The summed E-state index contributed by atoms with van der Waals surface area (Å²) in [5.41, 5.74) is 0. The predicted molar refractivity (Wildman–Crippen MR) is 52.1 cm³/mol. The van der Waals surface area contributed by atoms with Gasteiger partial charge in [0, 0.05) is 17.8 Å². The fourth-order valence-corrected chi connectivity index (χ4v) is 0.709. The highest BCUT2D eigenvalue weighted by molar-refractivity contribution is 7.79. The highest BCUT2D eigenvalue weighted by atomic mass is 32.1. The van der Waals surface area contributed by atoms with Crippen molar-refractivity contribution in [3.63, 3.8) is 0 Å². The molecule has 2 atom stereocenters. The maximum Gasteiger partial charge on any atom is 0.222 e. The lowest BCUT2D eigenvalue weighted by Gasteiger charge is -2.10. The van der Waals surface area contributed by atoms with Gasteiger partial charge in [0.15, 0.2) is 0 Å².